The van der Waals surface area contributed by atoms with Gasteiger partial charge < -0.3 is 4.74 Å². The summed E-state index contributed by atoms with van der Waals surface area (Å²) in [5.41, 5.74) is -0.0937. The summed E-state index contributed by atoms with van der Waals surface area (Å²) in [7, 11) is 0. The van der Waals surface area contributed by atoms with Crippen molar-refractivity contribution in [2.45, 2.75) is 25.0 Å². The molecule has 0 saturated heterocycles. The van der Waals surface area contributed by atoms with Gasteiger partial charge in [-0.3, -0.25) is 14.3 Å². The smallest absolute Gasteiger partial charge is 0.330 e. The number of aromatic nitrogens is 2. The highest BCUT2D eigenvalue weighted by molar-refractivity contribution is 7.99. The number of nitrogens with one attached hydrogen (secondary N) is 1. The number of thioether (sulfide) groups is 1. The molecule has 1 heterocycles. The monoisotopic (exact) mass is 306 g/mol. The number of aromatic amines is 1. The zero-order valence-electron chi connectivity index (χ0n) is 11.9. The van der Waals surface area contributed by atoms with E-state index in [1.54, 1.807) is 11.8 Å². The zero-order chi connectivity index (χ0) is 15.1. The van der Waals surface area contributed by atoms with Crippen molar-refractivity contribution in [1.29, 1.82) is 0 Å². The van der Waals surface area contributed by atoms with Gasteiger partial charge in [-0.25, -0.2) is 4.79 Å². The number of H-pyrrole nitrogens is 1. The molecule has 2 rings (SSSR count). The molecule has 1 N–H and O–H groups in total. The van der Waals surface area contributed by atoms with E-state index in [9.17, 15) is 9.59 Å². The first-order valence-corrected chi connectivity index (χ1v) is 7.78. The Labute approximate surface area is 127 Å². The maximum Gasteiger partial charge on any atom is 0.330 e. The second kappa shape index (κ2) is 7.85. The Kier molecular flexibility index (Phi) is 5.83. The molecule has 112 valence electrons. The van der Waals surface area contributed by atoms with Crippen molar-refractivity contribution in [2.75, 3.05) is 12.4 Å². The average molecular weight is 306 g/mol. The van der Waals surface area contributed by atoms with E-state index in [2.05, 4.69) is 4.98 Å². The van der Waals surface area contributed by atoms with Crippen molar-refractivity contribution < 1.29 is 4.74 Å². The summed E-state index contributed by atoms with van der Waals surface area (Å²) in [6.07, 6.45) is 0.631. The molecule has 1 aromatic carbocycles. The Hall–Kier alpha value is -1.79. The minimum atomic E-state index is -0.421. The predicted octanol–water partition coefficient (Wildman–Crippen LogP) is 1.87. The molecule has 0 aliphatic carbocycles. The Morgan fingerprint density at radius 2 is 2.00 bits per heavy atom. The number of benzene rings is 1. The quantitative estimate of drug-likeness (QED) is 0.793. The fourth-order valence-electron chi connectivity index (χ4n) is 1.89. The Morgan fingerprint density at radius 1 is 1.24 bits per heavy atom. The zero-order valence-corrected chi connectivity index (χ0v) is 12.7. The first-order chi connectivity index (χ1) is 10.2. The number of hydrogen-bond acceptors (Lipinski definition) is 4. The summed E-state index contributed by atoms with van der Waals surface area (Å²) in [4.78, 5) is 26.7. The Bertz CT molecular complexity index is 679. The average Bonchev–Trinajstić information content (AvgIpc) is 2.47. The first-order valence-electron chi connectivity index (χ1n) is 6.79. The fraction of sp³-hybridized carbons (Fsp3) is 0.333. The number of aryl methyl sites for hydroxylation is 1. The summed E-state index contributed by atoms with van der Waals surface area (Å²) >= 11 is 1.69. The van der Waals surface area contributed by atoms with Crippen LogP contribution in [0, 0.1) is 0 Å². The van der Waals surface area contributed by atoms with Gasteiger partial charge in [0.2, 0.25) is 0 Å². The van der Waals surface area contributed by atoms with Gasteiger partial charge in [-0.1, -0.05) is 18.2 Å². The third kappa shape index (κ3) is 4.61. The van der Waals surface area contributed by atoms with E-state index < -0.39 is 5.69 Å². The molecule has 0 radical (unpaired) electrons. The molecule has 0 spiro atoms. The van der Waals surface area contributed by atoms with Crippen molar-refractivity contribution in [2.24, 2.45) is 0 Å². The second-order valence-electron chi connectivity index (χ2n) is 4.39. The lowest BCUT2D eigenvalue weighted by molar-refractivity contribution is 0.0823. The second-order valence-corrected chi connectivity index (χ2v) is 5.56. The van der Waals surface area contributed by atoms with Gasteiger partial charge in [-0.2, -0.15) is 0 Å². The van der Waals surface area contributed by atoms with E-state index >= 15 is 0 Å². The minimum Gasteiger partial charge on any atom is -0.361 e. The van der Waals surface area contributed by atoms with Crippen LogP contribution in [0.1, 0.15) is 12.6 Å². The number of ether oxygens (including phenoxy) is 1. The largest absolute Gasteiger partial charge is 0.361 e. The SMILES string of the molecule is CCOCn1c(CCSc2ccccc2)cc(=O)[nH]c1=O. The fourth-order valence-corrected chi connectivity index (χ4v) is 2.79. The molecule has 0 saturated carbocycles. The third-order valence-corrected chi connectivity index (χ3v) is 3.93. The van der Waals surface area contributed by atoms with Crippen LogP contribution in [0.4, 0.5) is 0 Å². The van der Waals surface area contributed by atoms with Crippen molar-refractivity contribution in [3.63, 3.8) is 0 Å². The molecule has 0 fully saturated rings. The van der Waals surface area contributed by atoms with E-state index in [1.165, 1.54) is 15.5 Å². The predicted molar refractivity (Wildman–Crippen MR) is 83.8 cm³/mol. The summed E-state index contributed by atoms with van der Waals surface area (Å²) in [6, 6.07) is 11.5. The first kappa shape index (κ1) is 15.6. The van der Waals surface area contributed by atoms with Crippen molar-refractivity contribution in [1.82, 2.24) is 9.55 Å². The van der Waals surface area contributed by atoms with Crippen LogP contribution >= 0.6 is 11.8 Å². The molecule has 5 nitrogen and oxygen atoms in total. The van der Waals surface area contributed by atoms with Crippen LogP contribution in [-0.4, -0.2) is 21.9 Å². The Morgan fingerprint density at radius 3 is 2.71 bits per heavy atom. The van der Waals surface area contributed by atoms with E-state index in [0.717, 1.165) is 5.75 Å². The highest BCUT2D eigenvalue weighted by Crippen LogP contribution is 2.17. The number of nitrogens with zero attached hydrogens (tertiary/aromatic N) is 1. The van der Waals surface area contributed by atoms with Gasteiger partial charge in [-0.05, 0) is 25.5 Å². The van der Waals surface area contributed by atoms with E-state index in [4.69, 9.17) is 4.74 Å². The normalized spacial score (nSPS) is 10.7. The van der Waals surface area contributed by atoms with Crippen molar-refractivity contribution in [3.8, 4) is 0 Å². The maximum atomic E-state index is 11.8. The van der Waals surface area contributed by atoms with E-state index in [1.807, 2.05) is 37.3 Å². The molecule has 21 heavy (non-hydrogen) atoms. The van der Waals surface area contributed by atoms with Gasteiger partial charge in [0.1, 0.15) is 6.73 Å². The van der Waals surface area contributed by atoms with Gasteiger partial charge in [0.25, 0.3) is 5.56 Å². The maximum absolute atomic E-state index is 11.8. The van der Waals surface area contributed by atoms with E-state index in [0.29, 0.717) is 18.7 Å². The van der Waals surface area contributed by atoms with Gasteiger partial charge >= 0.3 is 5.69 Å². The van der Waals surface area contributed by atoms with Crippen LogP contribution in [0.15, 0.2) is 50.9 Å². The molecule has 0 amide bonds. The Balaban J connectivity index is 2.07. The van der Waals surface area contributed by atoms with Crippen molar-refractivity contribution >= 4 is 11.8 Å². The highest BCUT2D eigenvalue weighted by Gasteiger charge is 2.06. The number of rotatable bonds is 7. The lowest BCUT2D eigenvalue weighted by atomic mass is 10.3. The lowest BCUT2D eigenvalue weighted by Gasteiger charge is -2.11. The third-order valence-electron chi connectivity index (χ3n) is 2.91. The summed E-state index contributed by atoms with van der Waals surface area (Å²) in [6.45, 7) is 2.54. The topological polar surface area (TPSA) is 64.1 Å². The molecule has 6 heteroatoms. The van der Waals surface area contributed by atoms with Crippen molar-refractivity contribution in [3.05, 3.63) is 62.9 Å². The molecular formula is C15H18N2O3S. The van der Waals surface area contributed by atoms with Gasteiger partial charge in [0.05, 0.1) is 0 Å². The summed E-state index contributed by atoms with van der Waals surface area (Å²) in [5, 5.41) is 0. The van der Waals surface area contributed by atoms with Gasteiger partial charge in [-0.15, -0.1) is 11.8 Å². The van der Waals surface area contributed by atoms with Gasteiger partial charge in [0.15, 0.2) is 0 Å². The standard InChI is InChI=1S/C15H18N2O3S/c1-2-20-11-17-12(10-14(18)16-15(17)19)8-9-21-13-6-4-3-5-7-13/h3-7,10H,2,8-9,11H2,1H3,(H,16,18,19). The lowest BCUT2D eigenvalue weighted by Crippen LogP contribution is -2.33. The van der Waals surface area contributed by atoms with Crippen LogP contribution in [-0.2, 0) is 17.9 Å². The molecule has 0 aliphatic rings. The molecular weight excluding hydrogens is 288 g/mol. The molecule has 0 atom stereocenters. The van der Waals surface area contributed by atoms with Crippen LogP contribution in [0.25, 0.3) is 0 Å². The van der Waals surface area contributed by atoms with Crippen LogP contribution in [0.2, 0.25) is 0 Å². The molecule has 0 aliphatic heterocycles. The molecule has 1 aromatic heterocycles. The van der Waals surface area contributed by atoms with E-state index in [-0.39, 0.29) is 12.3 Å². The van der Waals surface area contributed by atoms with Crippen LogP contribution < -0.4 is 11.2 Å². The van der Waals surface area contributed by atoms with Gasteiger partial charge in [0, 0.05) is 29.0 Å². The minimum absolute atomic E-state index is 0.164. The molecule has 0 bridgehead atoms. The number of hydrogen-bond donors (Lipinski definition) is 1. The summed E-state index contributed by atoms with van der Waals surface area (Å²) < 4.78 is 6.75. The van der Waals surface area contributed by atoms with Crippen LogP contribution in [0.3, 0.4) is 0 Å². The summed E-state index contributed by atoms with van der Waals surface area (Å²) in [5.74, 6) is 0.791. The highest BCUT2D eigenvalue weighted by atomic mass is 32.2. The van der Waals surface area contributed by atoms with Crippen LogP contribution in [0.5, 0.6) is 0 Å². The molecule has 2 aromatic rings. The molecule has 0 unspecified atom stereocenters.